The molecule has 0 radical (unpaired) electrons. The van der Waals surface area contributed by atoms with Gasteiger partial charge in [0.25, 0.3) is 5.69 Å². The molecule has 0 bridgehead atoms. The van der Waals surface area contributed by atoms with Gasteiger partial charge in [0.1, 0.15) is 5.75 Å². The van der Waals surface area contributed by atoms with E-state index in [9.17, 15) is 28.4 Å². The highest BCUT2D eigenvalue weighted by atomic mass is 32.2. The van der Waals surface area contributed by atoms with E-state index in [1.54, 1.807) is 24.3 Å². The number of carbonyl (C=O) groups is 1. The highest BCUT2D eigenvalue weighted by Gasteiger charge is 2.22. The van der Waals surface area contributed by atoms with Crippen LogP contribution in [0.1, 0.15) is 31.4 Å². The van der Waals surface area contributed by atoms with Crippen LogP contribution in [-0.4, -0.2) is 25.9 Å². The van der Waals surface area contributed by atoms with Gasteiger partial charge in [0.2, 0.25) is 10.0 Å². The lowest BCUT2D eigenvalue weighted by molar-refractivity contribution is -0.384. The Hall–Kier alpha value is -2.98. The smallest absolute Gasteiger partial charge is 0.269 e. The Morgan fingerprint density at radius 3 is 2.25 bits per heavy atom. The molecule has 1 atom stereocenters. The minimum Gasteiger partial charge on any atom is -0.550 e. The Balaban J connectivity index is 2.25. The molecule has 0 heterocycles. The highest BCUT2D eigenvalue weighted by Crippen LogP contribution is 2.24. The minimum absolute atomic E-state index is 0.218. The maximum atomic E-state index is 12.6. The fourth-order valence-corrected chi connectivity index (χ4v) is 3.64. The molecule has 2 aromatic rings. The van der Waals surface area contributed by atoms with Crippen molar-refractivity contribution in [1.29, 1.82) is 0 Å². The number of sulfonamides is 1. The maximum absolute atomic E-state index is 12.6. The third kappa shape index (κ3) is 5.76. The summed E-state index contributed by atoms with van der Waals surface area (Å²) in [5.74, 6) is -0.848. The van der Waals surface area contributed by atoms with Crippen molar-refractivity contribution in [1.82, 2.24) is 4.72 Å². The van der Waals surface area contributed by atoms with E-state index in [0.717, 1.165) is 30.7 Å². The van der Waals surface area contributed by atoms with Crippen LogP contribution in [0, 0.1) is 10.1 Å². The molecule has 0 saturated carbocycles. The first kappa shape index (κ1) is 21.3. The molecular weight excluding hydrogens is 388 g/mol. The average Bonchev–Trinajstić information content (AvgIpc) is 2.66. The van der Waals surface area contributed by atoms with Gasteiger partial charge in [0, 0.05) is 24.5 Å². The number of ether oxygens (including phenoxy) is 1. The molecule has 150 valence electrons. The van der Waals surface area contributed by atoms with Gasteiger partial charge in [0.05, 0.1) is 22.5 Å². The van der Waals surface area contributed by atoms with Crippen LogP contribution in [0.2, 0.25) is 0 Å². The van der Waals surface area contributed by atoms with Gasteiger partial charge < -0.3 is 14.6 Å². The van der Waals surface area contributed by atoms with E-state index >= 15 is 0 Å². The molecule has 1 N–H and O–H groups in total. The summed E-state index contributed by atoms with van der Waals surface area (Å²) in [5.41, 5.74) is 0.159. The first-order valence-electron chi connectivity index (χ1n) is 8.42. The van der Waals surface area contributed by atoms with Gasteiger partial charge in [-0.25, -0.2) is 13.1 Å². The van der Waals surface area contributed by atoms with Gasteiger partial charge >= 0.3 is 0 Å². The molecule has 0 aliphatic rings. The van der Waals surface area contributed by atoms with Gasteiger partial charge in [-0.2, -0.15) is 0 Å². The summed E-state index contributed by atoms with van der Waals surface area (Å²) in [6.07, 6.45) is 0.242. The number of rotatable bonds is 10. The zero-order valence-electron chi connectivity index (χ0n) is 15.0. The summed E-state index contributed by atoms with van der Waals surface area (Å²) >= 11 is 0. The fourth-order valence-electron chi connectivity index (χ4n) is 2.41. The number of aliphatic carboxylic acids is 1. The van der Waals surface area contributed by atoms with Crippen LogP contribution >= 0.6 is 0 Å². The van der Waals surface area contributed by atoms with E-state index in [4.69, 9.17) is 4.74 Å². The van der Waals surface area contributed by atoms with E-state index in [1.807, 2.05) is 6.92 Å². The molecule has 0 aromatic heterocycles. The summed E-state index contributed by atoms with van der Waals surface area (Å²) in [6, 6.07) is 9.57. The number of hydrogen-bond acceptors (Lipinski definition) is 7. The van der Waals surface area contributed by atoms with Crippen molar-refractivity contribution in [2.75, 3.05) is 6.61 Å². The van der Waals surface area contributed by atoms with Crippen molar-refractivity contribution < 1.29 is 28.0 Å². The highest BCUT2D eigenvalue weighted by molar-refractivity contribution is 7.89. The van der Waals surface area contributed by atoms with Crippen LogP contribution in [0.3, 0.4) is 0 Å². The van der Waals surface area contributed by atoms with Gasteiger partial charge in [-0.15, -0.1) is 0 Å². The summed E-state index contributed by atoms with van der Waals surface area (Å²) < 4.78 is 32.9. The van der Waals surface area contributed by atoms with E-state index in [0.29, 0.717) is 17.9 Å². The quantitative estimate of drug-likeness (QED) is 0.465. The van der Waals surface area contributed by atoms with E-state index in [1.165, 1.54) is 0 Å². The monoisotopic (exact) mass is 407 g/mol. The second-order valence-corrected chi connectivity index (χ2v) is 7.63. The molecule has 2 rings (SSSR count). The number of hydrogen-bond donors (Lipinski definition) is 1. The Bertz CT molecular complexity index is 925. The van der Waals surface area contributed by atoms with Crippen LogP contribution < -0.4 is 14.6 Å². The number of nitrogens with one attached hydrogen (secondary N) is 1. The second kappa shape index (κ2) is 9.29. The first-order chi connectivity index (χ1) is 13.2. The lowest BCUT2D eigenvalue weighted by Gasteiger charge is -2.20. The largest absolute Gasteiger partial charge is 0.550 e. The maximum Gasteiger partial charge on any atom is 0.269 e. The van der Waals surface area contributed by atoms with Crippen LogP contribution in [0.25, 0.3) is 0 Å². The normalized spacial score (nSPS) is 12.3. The zero-order chi connectivity index (χ0) is 20.7. The summed E-state index contributed by atoms with van der Waals surface area (Å²) in [5, 5.41) is 21.8. The van der Waals surface area contributed by atoms with Gasteiger partial charge in [0.15, 0.2) is 0 Å². The molecule has 9 nitrogen and oxygen atoms in total. The topological polar surface area (TPSA) is 139 Å². The number of nitro benzene ring substituents is 1. The molecule has 0 aliphatic heterocycles. The van der Waals surface area contributed by atoms with Crippen molar-refractivity contribution in [3.63, 3.8) is 0 Å². The first-order valence-corrected chi connectivity index (χ1v) is 9.90. The molecule has 0 amide bonds. The predicted molar refractivity (Wildman–Crippen MR) is 98.0 cm³/mol. The summed E-state index contributed by atoms with van der Waals surface area (Å²) in [6.45, 7) is 2.48. The van der Waals surface area contributed by atoms with Gasteiger partial charge in [-0.1, -0.05) is 19.1 Å². The number of nitro groups is 1. The Labute approximate surface area is 162 Å². The molecule has 28 heavy (non-hydrogen) atoms. The average molecular weight is 407 g/mol. The van der Waals surface area contributed by atoms with Crippen molar-refractivity contribution in [3.8, 4) is 5.75 Å². The standard InChI is InChI=1S/C18H20N2O7S/c1-2-11-27-15-7-3-13(4-8-15)17(12-18(21)22)19-28(25,26)16-9-5-14(6-10-16)20(23)24/h3-10,17,19H,2,11-12H2,1H3,(H,21,22)/p-1/t17-/m1/s1. The molecule has 2 aromatic carbocycles. The molecule has 0 saturated heterocycles. The van der Waals surface area contributed by atoms with Crippen LogP contribution in [0.15, 0.2) is 53.4 Å². The fraction of sp³-hybridized carbons (Fsp3) is 0.278. The third-order valence-electron chi connectivity index (χ3n) is 3.78. The SMILES string of the molecule is CCCOc1ccc([C@@H](CC(=O)[O-])NS(=O)(=O)c2ccc([N+](=O)[O-])cc2)cc1. The van der Waals surface area contributed by atoms with E-state index in [-0.39, 0.29) is 10.6 Å². The number of non-ortho nitro benzene ring substituents is 1. The third-order valence-corrected chi connectivity index (χ3v) is 5.27. The number of carboxylic acid groups (broad SMARTS) is 1. The molecule has 0 aliphatic carbocycles. The van der Waals surface area contributed by atoms with Crippen LogP contribution in [-0.2, 0) is 14.8 Å². The zero-order valence-corrected chi connectivity index (χ0v) is 15.8. The Morgan fingerprint density at radius 1 is 1.14 bits per heavy atom. The van der Waals surface area contributed by atoms with E-state index < -0.39 is 33.4 Å². The Morgan fingerprint density at radius 2 is 1.75 bits per heavy atom. The van der Waals surface area contributed by atoms with Crippen LogP contribution in [0.5, 0.6) is 5.75 Å². The van der Waals surface area contributed by atoms with Crippen molar-refractivity contribution in [3.05, 3.63) is 64.2 Å². The van der Waals surface area contributed by atoms with Gasteiger partial charge in [-0.3, -0.25) is 10.1 Å². The lowest BCUT2D eigenvalue weighted by Crippen LogP contribution is -2.34. The minimum atomic E-state index is -4.11. The summed E-state index contributed by atoms with van der Waals surface area (Å²) in [4.78, 5) is 20.9. The number of carbonyl (C=O) groups excluding carboxylic acids is 1. The molecule has 10 heteroatoms. The lowest BCUT2D eigenvalue weighted by atomic mass is 10.0. The number of benzene rings is 2. The molecular formula is C18H19N2O7S-. The molecule has 0 spiro atoms. The number of nitrogens with zero attached hydrogens (tertiary/aromatic N) is 1. The van der Waals surface area contributed by atoms with Crippen molar-refractivity contribution >= 4 is 21.7 Å². The second-order valence-electron chi connectivity index (χ2n) is 5.92. The molecule has 0 fully saturated rings. The van der Waals surface area contributed by atoms with E-state index in [2.05, 4.69) is 4.72 Å². The number of carboxylic acids is 1. The van der Waals surface area contributed by atoms with Gasteiger partial charge in [-0.05, 0) is 36.2 Å². The Kier molecular flexibility index (Phi) is 7.07. The molecule has 0 unspecified atom stereocenters. The summed E-state index contributed by atoms with van der Waals surface area (Å²) in [7, 11) is -4.11. The predicted octanol–water partition coefficient (Wildman–Crippen LogP) is 1.54. The van der Waals surface area contributed by atoms with Crippen molar-refractivity contribution in [2.24, 2.45) is 0 Å². The van der Waals surface area contributed by atoms with Crippen molar-refractivity contribution in [2.45, 2.75) is 30.7 Å². The van der Waals surface area contributed by atoms with Crippen LogP contribution in [0.4, 0.5) is 5.69 Å².